The zero-order valence-corrected chi connectivity index (χ0v) is 10.2. The van der Waals surface area contributed by atoms with E-state index >= 15 is 0 Å². The third kappa shape index (κ3) is 3.23. The van der Waals surface area contributed by atoms with Crippen LogP contribution < -0.4 is 5.73 Å². The van der Waals surface area contributed by atoms with Crippen LogP contribution in [-0.2, 0) is 0 Å². The van der Waals surface area contributed by atoms with Crippen LogP contribution in [0.2, 0.25) is 0 Å². The van der Waals surface area contributed by atoms with Gasteiger partial charge >= 0.3 is 6.03 Å². The molecule has 0 bridgehead atoms. The second kappa shape index (κ2) is 5.23. The Kier molecular flexibility index (Phi) is 3.68. The van der Waals surface area contributed by atoms with Gasteiger partial charge in [-0.25, -0.2) is 9.10 Å². The number of benzene rings is 1. The van der Waals surface area contributed by atoms with Gasteiger partial charge in [0.1, 0.15) is 0 Å². The van der Waals surface area contributed by atoms with E-state index in [1.807, 2.05) is 6.07 Å². The average Bonchev–Trinajstić information content (AvgIpc) is 3.14. The van der Waals surface area contributed by atoms with E-state index in [4.69, 9.17) is 5.73 Å². The number of nitrogens with two attached hydrogens (primary N) is 1. The lowest BCUT2D eigenvalue weighted by Gasteiger charge is -2.16. The highest BCUT2D eigenvalue weighted by Crippen LogP contribution is 2.33. The number of amides is 3. The highest BCUT2D eigenvalue weighted by atomic mass is 32.2. The molecule has 17 heavy (non-hydrogen) atoms. The lowest BCUT2D eigenvalue weighted by molar-refractivity contribution is 0.0898. The SMILES string of the molecule is NC(=O)N(SCC1CC1)C(=O)c1ccccc1. The van der Waals surface area contributed by atoms with E-state index < -0.39 is 6.03 Å². The van der Waals surface area contributed by atoms with Gasteiger partial charge in [0.05, 0.1) is 0 Å². The van der Waals surface area contributed by atoms with E-state index in [-0.39, 0.29) is 5.91 Å². The number of hydrogen-bond donors (Lipinski definition) is 1. The Morgan fingerprint density at radius 1 is 1.29 bits per heavy atom. The quantitative estimate of drug-likeness (QED) is 0.834. The first-order chi connectivity index (χ1) is 8.18. The maximum absolute atomic E-state index is 12.0. The minimum atomic E-state index is -0.704. The Balaban J connectivity index is 2.04. The molecule has 90 valence electrons. The molecule has 0 radical (unpaired) electrons. The molecular weight excluding hydrogens is 236 g/mol. The highest BCUT2D eigenvalue weighted by Gasteiger charge is 2.27. The van der Waals surface area contributed by atoms with Gasteiger partial charge < -0.3 is 5.73 Å². The largest absolute Gasteiger partial charge is 0.350 e. The van der Waals surface area contributed by atoms with E-state index in [1.54, 1.807) is 24.3 Å². The highest BCUT2D eigenvalue weighted by molar-refractivity contribution is 7.98. The molecule has 1 fully saturated rings. The Morgan fingerprint density at radius 3 is 2.47 bits per heavy atom. The Morgan fingerprint density at radius 2 is 1.94 bits per heavy atom. The zero-order chi connectivity index (χ0) is 12.3. The van der Waals surface area contributed by atoms with Gasteiger partial charge in [-0.1, -0.05) is 18.2 Å². The summed E-state index contributed by atoms with van der Waals surface area (Å²) in [6.07, 6.45) is 2.36. The minimum absolute atomic E-state index is 0.344. The lowest BCUT2D eigenvalue weighted by atomic mass is 10.2. The Bertz CT molecular complexity index is 418. The number of urea groups is 1. The van der Waals surface area contributed by atoms with Gasteiger partial charge in [-0.05, 0) is 42.8 Å². The monoisotopic (exact) mass is 250 g/mol. The molecule has 0 atom stereocenters. The molecule has 1 aliphatic rings. The molecule has 0 saturated heterocycles. The topological polar surface area (TPSA) is 63.4 Å². The van der Waals surface area contributed by atoms with E-state index in [1.165, 1.54) is 24.8 Å². The van der Waals surface area contributed by atoms with Crippen molar-refractivity contribution in [3.63, 3.8) is 0 Å². The molecule has 1 aliphatic carbocycles. The molecule has 0 aromatic heterocycles. The smallest absolute Gasteiger partial charge is 0.332 e. The van der Waals surface area contributed by atoms with E-state index in [9.17, 15) is 9.59 Å². The summed E-state index contributed by atoms with van der Waals surface area (Å²) in [5, 5.41) is 0. The van der Waals surface area contributed by atoms with Gasteiger partial charge in [-0.3, -0.25) is 4.79 Å². The van der Waals surface area contributed by atoms with Crippen LogP contribution in [0.3, 0.4) is 0 Å². The average molecular weight is 250 g/mol. The molecular formula is C12H14N2O2S. The molecule has 0 unspecified atom stereocenters. The summed E-state index contributed by atoms with van der Waals surface area (Å²) in [5.41, 5.74) is 5.71. The van der Waals surface area contributed by atoms with E-state index in [0.717, 1.165) is 10.1 Å². The second-order valence-corrected chi connectivity index (χ2v) is 5.00. The number of nitrogens with zero attached hydrogens (tertiary/aromatic N) is 1. The number of imide groups is 1. The van der Waals surface area contributed by atoms with Gasteiger partial charge in [0, 0.05) is 11.3 Å². The zero-order valence-electron chi connectivity index (χ0n) is 9.33. The first kappa shape index (κ1) is 12.0. The maximum atomic E-state index is 12.0. The third-order valence-electron chi connectivity index (χ3n) is 2.54. The molecule has 3 amide bonds. The normalized spacial score (nSPS) is 14.4. The summed E-state index contributed by atoms with van der Waals surface area (Å²) in [7, 11) is 0. The molecule has 1 aromatic rings. The van der Waals surface area contributed by atoms with Crippen LogP contribution in [0, 0.1) is 5.92 Å². The van der Waals surface area contributed by atoms with Crippen molar-refractivity contribution in [3.8, 4) is 0 Å². The molecule has 4 nitrogen and oxygen atoms in total. The molecule has 1 saturated carbocycles. The number of primary amides is 1. The van der Waals surface area contributed by atoms with Crippen molar-refractivity contribution >= 4 is 23.9 Å². The number of carbonyl (C=O) groups is 2. The van der Waals surface area contributed by atoms with Crippen molar-refractivity contribution in [1.29, 1.82) is 0 Å². The molecule has 0 spiro atoms. The van der Waals surface area contributed by atoms with Crippen LogP contribution in [-0.4, -0.2) is 22.0 Å². The predicted molar refractivity (Wildman–Crippen MR) is 67.4 cm³/mol. The van der Waals surface area contributed by atoms with Crippen molar-refractivity contribution in [1.82, 2.24) is 4.31 Å². The van der Waals surface area contributed by atoms with Gasteiger partial charge in [0.25, 0.3) is 5.91 Å². The van der Waals surface area contributed by atoms with Crippen LogP contribution in [0.15, 0.2) is 30.3 Å². The fourth-order valence-electron chi connectivity index (χ4n) is 1.38. The van der Waals surface area contributed by atoms with Crippen LogP contribution in [0.25, 0.3) is 0 Å². The van der Waals surface area contributed by atoms with Crippen molar-refractivity contribution in [2.24, 2.45) is 11.7 Å². The summed E-state index contributed by atoms with van der Waals surface area (Å²) in [6, 6.07) is 7.99. The van der Waals surface area contributed by atoms with E-state index in [2.05, 4.69) is 0 Å². The Hall–Kier alpha value is -1.49. The Labute approximate surface area is 104 Å². The summed E-state index contributed by atoms with van der Waals surface area (Å²) in [6.45, 7) is 0. The molecule has 5 heteroatoms. The van der Waals surface area contributed by atoms with Gasteiger partial charge in [0.15, 0.2) is 0 Å². The number of rotatable bonds is 4. The van der Waals surface area contributed by atoms with Crippen molar-refractivity contribution in [2.45, 2.75) is 12.8 Å². The van der Waals surface area contributed by atoms with Crippen molar-refractivity contribution in [2.75, 3.05) is 5.75 Å². The summed E-state index contributed by atoms with van der Waals surface area (Å²) in [4.78, 5) is 23.3. The third-order valence-corrected chi connectivity index (χ3v) is 3.77. The van der Waals surface area contributed by atoms with Crippen LogP contribution >= 0.6 is 11.9 Å². The second-order valence-electron chi connectivity index (χ2n) is 4.04. The predicted octanol–water partition coefficient (Wildman–Crippen LogP) is 2.27. The van der Waals surface area contributed by atoms with Crippen LogP contribution in [0.4, 0.5) is 4.79 Å². The number of carbonyl (C=O) groups excluding carboxylic acids is 2. The van der Waals surface area contributed by atoms with Gasteiger partial charge in [-0.15, -0.1) is 0 Å². The maximum Gasteiger partial charge on any atom is 0.332 e. The molecule has 0 aliphatic heterocycles. The van der Waals surface area contributed by atoms with Gasteiger partial charge in [0.2, 0.25) is 0 Å². The molecule has 2 N–H and O–H groups in total. The van der Waals surface area contributed by atoms with Crippen LogP contribution in [0.1, 0.15) is 23.2 Å². The lowest BCUT2D eigenvalue weighted by Crippen LogP contribution is -2.35. The summed E-state index contributed by atoms with van der Waals surface area (Å²) >= 11 is 1.21. The number of hydrogen-bond acceptors (Lipinski definition) is 3. The molecule has 0 heterocycles. The summed E-state index contributed by atoms with van der Waals surface area (Å²) < 4.78 is 1.05. The summed E-state index contributed by atoms with van der Waals surface area (Å²) in [5.74, 6) is 1.07. The van der Waals surface area contributed by atoms with Crippen molar-refractivity contribution < 1.29 is 9.59 Å². The van der Waals surface area contributed by atoms with Crippen molar-refractivity contribution in [3.05, 3.63) is 35.9 Å². The molecule has 2 rings (SSSR count). The fourth-order valence-corrected chi connectivity index (χ4v) is 2.43. The van der Waals surface area contributed by atoms with Crippen LogP contribution in [0.5, 0.6) is 0 Å². The standard InChI is InChI=1S/C12H14N2O2S/c13-12(16)14(17-8-9-6-7-9)11(15)10-4-2-1-3-5-10/h1-5,9H,6-8H2,(H2,13,16). The van der Waals surface area contributed by atoms with Gasteiger partial charge in [-0.2, -0.15) is 0 Å². The minimum Gasteiger partial charge on any atom is -0.350 e. The molecule has 1 aromatic carbocycles. The first-order valence-corrected chi connectivity index (χ1v) is 6.44. The first-order valence-electron chi connectivity index (χ1n) is 5.50. The fraction of sp³-hybridized carbons (Fsp3) is 0.333. The van der Waals surface area contributed by atoms with E-state index in [0.29, 0.717) is 11.5 Å².